The molecule has 1 fully saturated rings. The van der Waals surface area contributed by atoms with Gasteiger partial charge in [0.15, 0.2) is 0 Å². The number of nitrogens with zero attached hydrogens (tertiary/aromatic N) is 2. The molecule has 1 aromatic rings. The van der Waals surface area contributed by atoms with Gasteiger partial charge in [-0.3, -0.25) is 24.9 Å². The predicted molar refractivity (Wildman–Crippen MR) is 60.9 cm³/mol. The fourth-order valence-corrected chi connectivity index (χ4v) is 1.97. The van der Waals surface area contributed by atoms with Crippen LogP contribution in [0.2, 0.25) is 0 Å². The summed E-state index contributed by atoms with van der Waals surface area (Å²) in [6, 6.07) is 1.57. The number of hydrogen-bond donors (Lipinski definition) is 2. The number of nitrogens with one attached hydrogen (secondary N) is 2. The number of H-pyrrole nitrogens is 1. The molecular weight excluding hydrogens is 220 g/mol. The molecule has 1 aromatic heterocycles. The molecule has 2 atom stereocenters. The zero-order chi connectivity index (χ0) is 12.4. The maximum Gasteiger partial charge on any atom is 0.246 e. The van der Waals surface area contributed by atoms with Crippen molar-refractivity contribution in [1.29, 1.82) is 0 Å². The van der Waals surface area contributed by atoms with Gasteiger partial charge in [0.2, 0.25) is 11.8 Å². The van der Waals surface area contributed by atoms with Crippen LogP contribution in [0.5, 0.6) is 0 Å². The SMILES string of the molecule is CC(NC1CCC(=O)N(C)C1=O)c1ccn[nH]1. The van der Waals surface area contributed by atoms with Gasteiger partial charge < -0.3 is 0 Å². The number of piperidine rings is 1. The first-order chi connectivity index (χ1) is 8.09. The molecule has 0 aliphatic carbocycles. The Labute approximate surface area is 99.4 Å². The van der Waals surface area contributed by atoms with E-state index in [1.807, 2.05) is 13.0 Å². The topological polar surface area (TPSA) is 78.1 Å². The number of aromatic amines is 1. The fourth-order valence-electron chi connectivity index (χ4n) is 1.97. The van der Waals surface area contributed by atoms with E-state index >= 15 is 0 Å². The van der Waals surface area contributed by atoms with Gasteiger partial charge in [0, 0.05) is 25.7 Å². The van der Waals surface area contributed by atoms with Crippen LogP contribution in [0.15, 0.2) is 12.3 Å². The minimum absolute atomic E-state index is 0.00746. The van der Waals surface area contributed by atoms with Crippen LogP contribution in [0.4, 0.5) is 0 Å². The Morgan fingerprint density at radius 2 is 2.35 bits per heavy atom. The van der Waals surface area contributed by atoms with Crippen molar-refractivity contribution in [2.24, 2.45) is 0 Å². The summed E-state index contributed by atoms with van der Waals surface area (Å²) in [6.45, 7) is 1.96. The first-order valence-electron chi connectivity index (χ1n) is 5.65. The highest BCUT2D eigenvalue weighted by Crippen LogP contribution is 2.16. The third-order valence-electron chi connectivity index (χ3n) is 3.09. The first kappa shape index (κ1) is 11.8. The number of likely N-dealkylation sites (tertiary alicyclic amines) is 1. The van der Waals surface area contributed by atoms with E-state index < -0.39 is 0 Å². The summed E-state index contributed by atoms with van der Waals surface area (Å²) in [5.41, 5.74) is 0.928. The molecule has 1 saturated heterocycles. The van der Waals surface area contributed by atoms with Gasteiger partial charge in [-0.15, -0.1) is 0 Å². The van der Waals surface area contributed by atoms with Crippen molar-refractivity contribution in [3.05, 3.63) is 18.0 Å². The van der Waals surface area contributed by atoms with E-state index in [0.29, 0.717) is 12.8 Å². The minimum Gasteiger partial charge on any atom is -0.298 e. The zero-order valence-corrected chi connectivity index (χ0v) is 9.93. The second-order valence-electron chi connectivity index (χ2n) is 4.28. The fraction of sp³-hybridized carbons (Fsp3) is 0.545. The number of amides is 2. The number of carbonyl (C=O) groups excluding carboxylic acids is 2. The highest BCUT2D eigenvalue weighted by Gasteiger charge is 2.32. The van der Waals surface area contributed by atoms with Crippen molar-refractivity contribution in [3.8, 4) is 0 Å². The van der Waals surface area contributed by atoms with Gasteiger partial charge in [-0.05, 0) is 19.4 Å². The Balaban J connectivity index is 2.00. The Morgan fingerprint density at radius 3 is 3.00 bits per heavy atom. The molecule has 1 aliphatic heterocycles. The van der Waals surface area contributed by atoms with Crippen LogP contribution in [0.25, 0.3) is 0 Å². The summed E-state index contributed by atoms with van der Waals surface area (Å²) in [7, 11) is 1.53. The molecule has 0 spiro atoms. The third-order valence-corrected chi connectivity index (χ3v) is 3.09. The lowest BCUT2D eigenvalue weighted by Gasteiger charge is -2.30. The number of hydrogen-bond acceptors (Lipinski definition) is 4. The van der Waals surface area contributed by atoms with E-state index in [-0.39, 0.29) is 23.9 Å². The van der Waals surface area contributed by atoms with Crippen LogP contribution in [-0.4, -0.2) is 40.0 Å². The second kappa shape index (κ2) is 4.67. The van der Waals surface area contributed by atoms with Crippen molar-refractivity contribution in [2.75, 3.05) is 7.05 Å². The maximum absolute atomic E-state index is 11.9. The molecule has 0 bridgehead atoms. The summed E-state index contributed by atoms with van der Waals surface area (Å²) in [5, 5.41) is 9.93. The van der Waals surface area contributed by atoms with Gasteiger partial charge >= 0.3 is 0 Å². The van der Waals surface area contributed by atoms with E-state index in [4.69, 9.17) is 0 Å². The van der Waals surface area contributed by atoms with E-state index in [1.54, 1.807) is 6.20 Å². The molecule has 0 aromatic carbocycles. The van der Waals surface area contributed by atoms with Crippen LogP contribution < -0.4 is 5.32 Å². The Kier molecular flexibility index (Phi) is 3.23. The molecule has 2 unspecified atom stereocenters. The number of likely N-dealkylation sites (N-methyl/N-ethyl adjacent to an activating group) is 1. The summed E-state index contributed by atoms with van der Waals surface area (Å²) in [4.78, 5) is 24.4. The summed E-state index contributed by atoms with van der Waals surface area (Å²) in [5.74, 6) is -0.269. The van der Waals surface area contributed by atoms with E-state index in [1.165, 1.54) is 11.9 Å². The Hall–Kier alpha value is -1.69. The standard InChI is InChI=1S/C11H16N4O2/c1-7(8-5-6-12-14-8)13-9-3-4-10(16)15(2)11(9)17/h5-7,9,13H,3-4H2,1-2H3,(H,12,14). The monoisotopic (exact) mass is 236 g/mol. The molecule has 2 rings (SSSR count). The van der Waals surface area contributed by atoms with Gasteiger partial charge in [0.1, 0.15) is 0 Å². The van der Waals surface area contributed by atoms with Crippen LogP contribution in [-0.2, 0) is 9.59 Å². The van der Waals surface area contributed by atoms with Crippen molar-refractivity contribution < 1.29 is 9.59 Å². The normalized spacial score (nSPS) is 22.9. The van der Waals surface area contributed by atoms with Crippen molar-refractivity contribution >= 4 is 11.8 Å². The van der Waals surface area contributed by atoms with Crippen LogP contribution in [0.3, 0.4) is 0 Å². The number of aromatic nitrogens is 2. The average molecular weight is 236 g/mol. The van der Waals surface area contributed by atoms with Crippen LogP contribution in [0, 0.1) is 0 Å². The molecule has 1 aliphatic rings. The third kappa shape index (κ3) is 2.36. The average Bonchev–Trinajstić information content (AvgIpc) is 2.83. The van der Waals surface area contributed by atoms with Gasteiger partial charge in [-0.1, -0.05) is 0 Å². The van der Waals surface area contributed by atoms with Crippen molar-refractivity contribution in [2.45, 2.75) is 31.8 Å². The zero-order valence-electron chi connectivity index (χ0n) is 9.93. The quantitative estimate of drug-likeness (QED) is 0.735. The predicted octanol–water partition coefficient (Wildman–Crippen LogP) is 0.208. The van der Waals surface area contributed by atoms with Crippen molar-refractivity contribution in [3.63, 3.8) is 0 Å². The molecule has 6 nitrogen and oxygen atoms in total. The van der Waals surface area contributed by atoms with Gasteiger partial charge in [-0.25, -0.2) is 0 Å². The van der Waals surface area contributed by atoms with Gasteiger partial charge in [0.05, 0.1) is 11.7 Å². The highest BCUT2D eigenvalue weighted by atomic mass is 16.2. The summed E-state index contributed by atoms with van der Waals surface area (Å²) < 4.78 is 0. The van der Waals surface area contributed by atoms with Crippen LogP contribution in [0.1, 0.15) is 31.5 Å². The van der Waals surface area contributed by atoms with Gasteiger partial charge in [0.25, 0.3) is 0 Å². The first-order valence-corrected chi connectivity index (χ1v) is 5.65. The Bertz CT molecular complexity index is 415. The summed E-state index contributed by atoms with van der Waals surface area (Å²) >= 11 is 0. The molecule has 2 N–H and O–H groups in total. The lowest BCUT2D eigenvalue weighted by molar-refractivity contribution is -0.148. The molecule has 2 heterocycles. The van der Waals surface area contributed by atoms with E-state index in [2.05, 4.69) is 15.5 Å². The molecule has 2 amide bonds. The molecule has 0 saturated carbocycles. The number of carbonyl (C=O) groups is 2. The molecule has 0 radical (unpaired) electrons. The minimum atomic E-state index is -0.295. The maximum atomic E-state index is 11.9. The van der Waals surface area contributed by atoms with Crippen LogP contribution >= 0.6 is 0 Å². The molecule has 6 heteroatoms. The van der Waals surface area contributed by atoms with E-state index in [0.717, 1.165) is 5.69 Å². The number of rotatable bonds is 3. The van der Waals surface area contributed by atoms with Crippen molar-refractivity contribution in [1.82, 2.24) is 20.4 Å². The molecule has 92 valence electrons. The van der Waals surface area contributed by atoms with Gasteiger partial charge in [-0.2, -0.15) is 5.10 Å². The molecule has 17 heavy (non-hydrogen) atoms. The smallest absolute Gasteiger partial charge is 0.246 e. The Morgan fingerprint density at radius 1 is 1.59 bits per heavy atom. The highest BCUT2D eigenvalue weighted by molar-refractivity contribution is 6.00. The molecular formula is C11H16N4O2. The number of imide groups is 1. The van der Waals surface area contributed by atoms with E-state index in [9.17, 15) is 9.59 Å². The lowest BCUT2D eigenvalue weighted by atomic mass is 10.0. The second-order valence-corrected chi connectivity index (χ2v) is 4.28. The lowest BCUT2D eigenvalue weighted by Crippen LogP contribution is -2.51. The summed E-state index contributed by atoms with van der Waals surface area (Å²) in [6.07, 6.45) is 2.64. The largest absolute Gasteiger partial charge is 0.298 e.